The number of benzene rings is 1. The second-order valence-corrected chi connectivity index (χ2v) is 3.54. The van der Waals surface area contributed by atoms with Crippen molar-refractivity contribution in [1.82, 2.24) is 0 Å². The quantitative estimate of drug-likeness (QED) is 0.775. The van der Waals surface area contributed by atoms with Gasteiger partial charge >= 0.3 is 5.97 Å². The van der Waals surface area contributed by atoms with Crippen LogP contribution in [0.5, 0.6) is 5.75 Å². The fraction of sp³-hybridized carbons (Fsp3) is 0.364. The molecule has 0 radical (unpaired) electrons. The summed E-state index contributed by atoms with van der Waals surface area (Å²) < 4.78 is 0. The summed E-state index contributed by atoms with van der Waals surface area (Å²) in [7, 11) is 0. The van der Waals surface area contributed by atoms with Gasteiger partial charge in [0.1, 0.15) is 5.75 Å². The van der Waals surface area contributed by atoms with Crippen molar-refractivity contribution in [2.45, 2.75) is 25.7 Å². The van der Waals surface area contributed by atoms with E-state index in [1.165, 1.54) is 12.1 Å². The lowest BCUT2D eigenvalue weighted by Crippen LogP contribution is -2.31. The number of carbonyl (C=O) groups is 1. The summed E-state index contributed by atoms with van der Waals surface area (Å²) in [5.41, 5.74) is -0.154. The van der Waals surface area contributed by atoms with Crippen LogP contribution in [0.3, 0.4) is 0 Å². The summed E-state index contributed by atoms with van der Waals surface area (Å²) in [6.45, 7) is 3.52. The number of phenolic OH excluding ortho intramolecular Hbond substituents is 1. The topological polar surface area (TPSA) is 57.5 Å². The normalized spacial score (nSPS) is 14.7. The largest absolute Gasteiger partial charge is 0.508 e. The minimum Gasteiger partial charge on any atom is -0.508 e. The van der Waals surface area contributed by atoms with E-state index >= 15 is 0 Å². The molecule has 1 aromatic carbocycles. The highest BCUT2D eigenvalue weighted by atomic mass is 16.4. The van der Waals surface area contributed by atoms with Gasteiger partial charge < -0.3 is 10.2 Å². The highest BCUT2D eigenvalue weighted by Gasteiger charge is 2.32. The highest BCUT2D eigenvalue weighted by molar-refractivity contribution is 5.80. The molecule has 0 fully saturated rings. The van der Waals surface area contributed by atoms with Crippen LogP contribution in [0, 0.1) is 0 Å². The van der Waals surface area contributed by atoms with Gasteiger partial charge in [-0.15, -0.1) is 0 Å². The van der Waals surface area contributed by atoms with Gasteiger partial charge in [0.2, 0.25) is 0 Å². The molecule has 1 atom stereocenters. The van der Waals surface area contributed by atoms with Crippen molar-refractivity contribution >= 4 is 5.97 Å². The van der Waals surface area contributed by atoms with Gasteiger partial charge in [0.05, 0.1) is 5.41 Å². The van der Waals surface area contributed by atoms with Crippen molar-refractivity contribution in [2.75, 3.05) is 0 Å². The van der Waals surface area contributed by atoms with Gasteiger partial charge in [-0.3, -0.25) is 4.79 Å². The minimum atomic E-state index is -0.867. The van der Waals surface area contributed by atoms with Crippen molar-refractivity contribution in [1.29, 1.82) is 0 Å². The summed E-state index contributed by atoms with van der Waals surface area (Å²) in [5, 5.41) is 18.2. The maximum atomic E-state index is 11.1. The average Bonchev–Trinajstić information content (AvgIpc) is 2.17. The van der Waals surface area contributed by atoms with Crippen molar-refractivity contribution in [2.24, 2.45) is 0 Å². The van der Waals surface area contributed by atoms with E-state index in [1.807, 2.05) is 6.92 Å². The van der Waals surface area contributed by atoms with Crippen LogP contribution in [0.25, 0.3) is 0 Å². The van der Waals surface area contributed by atoms with Crippen LogP contribution >= 0.6 is 0 Å². The molecule has 3 nitrogen and oxygen atoms in total. The zero-order valence-corrected chi connectivity index (χ0v) is 8.32. The van der Waals surface area contributed by atoms with Gasteiger partial charge in [-0.05, 0) is 31.0 Å². The van der Waals surface area contributed by atoms with Crippen molar-refractivity contribution in [3.05, 3.63) is 29.8 Å². The number of hydrogen-bond donors (Lipinski definition) is 2. The molecule has 0 heterocycles. The predicted molar refractivity (Wildman–Crippen MR) is 53.4 cm³/mol. The Balaban J connectivity index is 3.13. The molecule has 1 aromatic rings. The van der Waals surface area contributed by atoms with E-state index in [0.717, 1.165) is 0 Å². The summed E-state index contributed by atoms with van der Waals surface area (Å²) in [5.74, 6) is -0.691. The molecule has 0 saturated heterocycles. The third-order valence-electron chi connectivity index (χ3n) is 2.68. The van der Waals surface area contributed by atoms with Gasteiger partial charge in [0.25, 0.3) is 0 Å². The molecule has 1 rings (SSSR count). The number of carboxylic acids is 1. The van der Waals surface area contributed by atoms with Gasteiger partial charge in [0.15, 0.2) is 0 Å². The fourth-order valence-corrected chi connectivity index (χ4v) is 1.31. The Hall–Kier alpha value is -1.51. The molecule has 0 bridgehead atoms. The Morgan fingerprint density at radius 1 is 1.36 bits per heavy atom. The first kappa shape index (κ1) is 10.6. The zero-order valence-electron chi connectivity index (χ0n) is 8.32. The maximum absolute atomic E-state index is 11.1. The first-order valence-corrected chi connectivity index (χ1v) is 4.53. The first-order valence-electron chi connectivity index (χ1n) is 4.53. The fourth-order valence-electron chi connectivity index (χ4n) is 1.31. The number of carboxylic acid groups (broad SMARTS) is 1. The SMILES string of the molecule is CCC(C)(C(=O)O)c1ccc(O)cc1. The van der Waals surface area contributed by atoms with E-state index in [-0.39, 0.29) is 5.75 Å². The van der Waals surface area contributed by atoms with Gasteiger partial charge in [-0.2, -0.15) is 0 Å². The molecule has 3 heteroatoms. The lowest BCUT2D eigenvalue weighted by atomic mass is 9.80. The number of hydrogen-bond acceptors (Lipinski definition) is 2. The number of rotatable bonds is 3. The molecule has 0 aliphatic carbocycles. The van der Waals surface area contributed by atoms with Gasteiger partial charge in [-0.25, -0.2) is 0 Å². The molecular weight excluding hydrogens is 180 g/mol. The molecule has 0 amide bonds. The minimum absolute atomic E-state index is 0.151. The third kappa shape index (κ3) is 1.71. The predicted octanol–water partition coefficient (Wildman–Crippen LogP) is 2.14. The second-order valence-electron chi connectivity index (χ2n) is 3.54. The monoisotopic (exact) mass is 194 g/mol. The van der Waals surface area contributed by atoms with E-state index < -0.39 is 11.4 Å². The van der Waals surface area contributed by atoms with Crippen LogP contribution < -0.4 is 0 Å². The summed E-state index contributed by atoms with van der Waals surface area (Å²) in [6, 6.07) is 6.30. The Labute approximate surface area is 83.0 Å². The number of aromatic hydroxyl groups is 1. The average molecular weight is 194 g/mol. The highest BCUT2D eigenvalue weighted by Crippen LogP contribution is 2.28. The second kappa shape index (κ2) is 3.70. The Morgan fingerprint density at radius 3 is 2.21 bits per heavy atom. The van der Waals surface area contributed by atoms with E-state index in [9.17, 15) is 4.79 Å². The van der Waals surface area contributed by atoms with Crippen LogP contribution in [0.4, 0.5) is 0 Å². The van der Waals surface area contributed by atoms with Crippen molar-refractivity contribution < 1.29 is 15.0 Å². The van der Waals surface area contributed by atoms with E-state index in [0.29, 0.717) is 12.0 Å². The molecule has 1 unspecified atom stereocenters. The molecular formula is C11H14O3. The first-order chi connectivity index (χ1) is 6.50. The standard InChI is InChI=1S/C11H14O3/c1-3-11(2,10(13)14)8-4-6-9(12)7-5-8/h4-7,12H,3H2,1-2H3,(H,13,14). The van der Waals surface area contributed by atoms with E-state index in [2.05, 4.69) is 0 Å². The lowest BCUT2D eigenvalue weighted by molar-refractivity contribution is -0.143. The number of phenols is 1. The Bertz CT molecular complexity index is 329. The van der Waals surface area contributed by atoms with Crippen LogP contribution in [-0.2, 0) is 10.2 Å². The zero-order chi connectivity index (χ0) is 10.8. The van der Waals surface area contributed by atoms with Crippen LogP contribution in [-0.4, -0.2) is 16.2 Å². The van der Waals surface area contributed by atoms with E-state index in [1.54, 1.807) is 19.1 Å². The lowest BCUT2D eigenvalue weighted by Gasteiger charge is -2.23. The third-order valence-corrected chi connectivity index (χ3v) is 2.68. The van der Waals surface area contributed by atoms with Crippen LogP contribution in [0.1, 0.15) is 25.8 Å². The van der Waals surface area contributed by atoms with Gasteiger partial charge in [-0.1, -0.05) is 19.1 Å². The van der Waals surface area contributed by atoms with Crippen molar-refractivity contribution in [3.63, 3.8) is 0 Å². The van der Waals surface area contributed by atoms with E-state index in [4.69, 9.17) is 10.2 Å². The molecule has 0 saturated carbocycles. The summed E-state index contributed by atoms with van der Waals surface area (Å²) in [6.07, 6.45) is 0.521. The molecule has 0 aliphatic heterocycles. The molecule has 0 spiro atoms. The van der Waals surface area contributed by atoms with Gasteiger partial charge in [0, 0.05) is 0 Å². The summed E-state index contributed by atoms with van der Waals surface area (Å²) >= 11 is 0. The molecule has 0 aliphatic rings. The Morgan fingerprint density at radius 2 is 1.86 bits per heavy atom. The molecule has 76 valence electrons. The van der Waals surface area contributed by atoms with Crippen molar-refractivity contribution in [3.8, 4) is 5.75 Å². The molecule has 14 heavy (non-hydrogen) atoms. The van der Waals surface area contributed by atoms with Crippen LogP contribution in [0.2, 0.25) is 0 Å². The Kier molecular flexibility index (Phi) is 2.79. The number of aliphatic carboxylic acids is 1. The maximum Gasteiger partial charge on any atom is 0.313 e. The van der Waals surface area contributed by atoms with Crippen LogP contribution in [0.15, 0.2) is 24.3 Å². The molecule has 2 N–H and O–H groups in total. The molecule has 0 aromatic heterocycles. The smallest absolute Gasteiger partial charge is 0.313 e. The summed E-state index contributed by atoms with van der Waals surface area (Å²) in [4.78, 5) is 11.1.